The quantitative estimate of drug-likeness (QED) is 0.319. The molecule has 2 heterocycles. The Hall–Kier alpha value is -3.89. The molecule has 242 valence electrons. The van der Waals surface area contributed by atoms with Gasteiger partial charge in [0.25, 0.3) is 0 Å². The van der Waals surface area contributed by atoms with Gasteiger partial charge in [0, 0.05) is 25.3 Å². The van der Waals surface area contributed by atoms with Crippen LogP contribution in [0.2, 0.25) is 5.02 Å². The van der Waals surface area contributed by atoms with E-state index in [1.165, 1.54) is 13.2 Å². The molecule has 0 saturated carbocycles. The van der Waals surface area contributed by atoms with E-state index in [0.29, 0.717) is 16.3 Å². The smallest absolute Gasteiger partial charge is 0.347 e. The Labute approximate surface area is 268 Å². The Balaban J connectivity index is 1.55. The van der Waals surface area contributed by atoms with Crippen LogP contribution in [0, 0.1) is 11.8 Å². The highest BCUT2D eigenvalue weighted by molar-refractivity contribution is 6.32. The van der Waals surface area contributed by atoms with Crippen molar-refractivity contribution < 1.29 is 38.1 Å². The van der Waals surface area contributed by atoms with Gasteiger partial charge in [0.1, 0.15) is 24.0 Å². The fourth-order valence-corrected chi connectivity index (χ4v) is 5.58. The number of hydrogen-bond donors (Lipinski definition) is 2. The predicted molar refractivity (Wildman–Crippen MR) is 167 cm³/mol. The van der Waals surface area contributed by atoms with Crippen molar-refractivity contribution >= 4 is 35.4 Å². The Morgan fingerprint density at radius 2 is 1.78 bits per heavy atom. The first kappa shape index (κ1) is 34.0. The topological polar surface area (TPSA) is 133 Å². The second kappa shape index (κ2) is 15.9. The average molecular weight is 641 g/mol. The van der Waals surface area contributed by atoms with Crippen LogP contribution in [-0.2, 0) is 39.8 Å². The fourth-order valence-electron chi connectivity index (χ4n) is 5.30. The Kier molecular flexibility index (Phi) is 12.0. The van der Waals surface area contributed by atoms with Gasteiger partial charge in [-0.2, -0.15) is 0 Å². The highest BCUT2D eigenvalue weighted by atomic mass is 35.5. The van der Waals surface area contributed by atoms with Crippen LogP contribution in [0.15, 0.2) is 60.7 Å². The molecule has 3 unspecified atom stereocenters. The summed E-state index contributed by atoms with van der Waals surface area (Å²) >= 11 is 6.28. The molecular weight excluding hydrogens is 600 g/mol. The highest BCUT2D eigenvalue weighted by Gasteiger charge is 2.47. The summed E-state index contributed by atoms with van der Waals surface area (Å²) in [5.41, 5.74) is 1.73. The highest BCUT2D eigenvalue weighted by Crippen LogP contribution is 2.45. The summed E-state index contributed by atoms with van der Waals surface area (Å²) < 4.78 is 22.7. The lowest BCUT2D eigenvalue weighted by molar-refractivity contribution is -0.174. The number of halogens is 1. The zero-order valence-electron chi connectivity index (χ0n) is 26.0. The van der Waals surface area contributed by atoms with Crippen LogP contribution in [0.4, 0.5) is 0 Å². The average Bonchev–Trinajstić information content (AvgIpc) is 3.80. The molecule has 0 bridgehead atoms. The second-order valence-corrected chi connectivity index (χ2v) is 12.2. The minimum absolute atomic E-state index is 0.0431. The van der Waals surface area contributed by atoms with Gasteiger partial charge in [-0.3, -0.25) is 14.4 Å². The van der Waals surface area contributed by atoms with Crippen molar-refractivity contribution in [3.05, 3.63) is 76.8 Å². The second-order valence-electron chi connectivity index (χ2n) is 11.8. The van der Waals surface area contributed by atoms with E-state index in [9.17, 15) is 19.2 Å². The van der Waals surface area contributed by atoms with E-state index in [4.69, 9.17) is 30.5 Å². The van der Waals surface area contributed by atoms with Gasteiger partial charge in [-0.25, -0.2) is 4.79 Å². The first-order valence-electron chi connectivity index (χ1n) is 15.2. The van der Waals surface area contributed by atoms with Crippen LogP contribution >= 0.6 is 11.6 Å². The molecule has 2 aromatic rings. The minimum Gasteiger partial charge on any atom is -0.495 e. The molecule has 4 rings (SSSR count). The van der Waals surface area contributed by atoms with E-state index < -0.39 is 42.0 Å². The van der Waals surface area contributed by atoms with E-state index in [1.807, 2.05) is 51.1 Å². The summed E-state index contributed by atoms with van der Waals surface area (Å²) in [6.07, 6.45) is 1.28. The molecule has 2 N–H and O–H groups in total. The molecular formula is C34H41ClN2O8. The van der Waals surface area contributed by atoms with Crippen molar-refractivity contribution in [3.8, 4) is 5.75 Å². The first-order valence-corrected chi connectivity index (χ1v) is 15.6. The van der Waals surface area contributed by atoms with Crippen molar-refractivity contribution in [1.29, 1.82) is 0 Å². The van der Waals surface area contributed by atoms with Crippen LogP contribution in [0.25, 0.3) is 0 Å². The molecule has 0 spiro atoms. The SMILES string of the molecule is COc1ccc(C[C@H]2NC(=O)/C=C/CC([C@H](C)C3OC3c3ccccc3)OC(=O)[C@@H](CC(C)C)OC(=O)CCNC2=O)cc1Cl. The van der Waals surface area contributed by atoms with Crippen molar-refractivity contribution in [3.63, 3.8) is 0 Å². The van der Waals surface area contributed by atoms with Crippen LogP contribution in [-0.4, -0.2) is 61.8 Å². The standard InChI is InChI=1S/C34H41ClN2O8/c1-20(2)17-28-34(41)44-26(21(3)31-32(45-31)23-9-6-5-7-10-23)11-8-12-29(38)37-25(33(40)36-16-15-30(39)43-28)19-22-13-14-27(42-4)24(35)18-22/h5-10,12-14,18,20-21,25-26,28,31-32H,11,15-17,19H2,1-4H3,(H,36,40)(H,37,38)/b12-8+/t21-,25+,26?,28+,31?,32?/m0/s1. The summed E-state index contributed by atoms with van der Waals surface area (Å²) in [6, 6.07) is 13.9. The van der Waals surface area contributed by atoms with E-state index in [1.54, 1.807) is 24.3 Å². The summed E-state index contributed by atoms with van der Waals surface area (Å²) in [5.74, 6) is -1.99. The van der Waals surface area contributed by atoms with Crippen LogP contribution in [0.3, 0.4) is 0 Å². The van der Waals surface area contributed by atoms with E-state index >= 15 is 0 Å². The number of esters is 2. The van der Waals surface area contributed by atoms with Crippen LogP contribution < -0.4 is 15.4 Å². The normalized spacial score (nSPS) is 26.2. The van der Waals surface area contributed by atoms with E-state index in [2.05, 4.69) is 10.6 Å². The number of amides is 2. The third-order valence-corrected chi connectivity index (χ3v) is 8.10. The van der Waals surface area contributed by atoms with Gasteiger partial charge in [0.2, 0.25) is 11.8 Å². The lowest BCUT2D eigenvalue weighted by Gasteiger charge is -2.26. The van der Waals surface area contributed by atoms with E-state index in [0.717, 1.165) is 5.56 Å². The number of cyclic esters (lactones) is 2. The van der Waals surface area contributed by atoms with Gasteiger partial charge in [0.15, 0.2) is 6.10 Å². The lowest BCUT2D eigenvalue weighted by atomic mass is 9.93. The molecule has 1 fully saturated rings. The Bertz CT molecular complexity index is 1380. The zero-order chi connectivity index (χ0) is 32.5. The van der Waals surface area contributed by atoms with Crippen molar-refractivity contribution in [2.24, 2.45) is 11.8 Å². The minimum atomic E-state index is -1.11. The Morgan fingerprint density at radius 1 is 1.02 bits per heavy atom. The van der Waals surface area contributed by atoms with Crippen LogP contribution in [0.5, 0.6) is 5.75 Å². The van der Waals surface area contributed by atoms with Gasteiger partial charge in [0.05, 0.1) is 24.7 Å². The van der Waals surface area contributed by atoms with Gasteiger partial charge in [-0.15, -0.1) is 0 Å². The molecule has 11 heteroatoms. The van der Waals surface area contributed by atoms with Gasteiger partial charge in [-0.05, 0) is 41.7 Å². The number of carbonyl (C=O) groups excluding carboxylic acids is 4. The van der Waals surface area contributed by atoms with Crippen molar-refractivity contribution in [2.45, 2.75) is 76.9 Å². The predicted octanol–water partition coefficient (Wildman–Crippen LogP) is 4.49. The number of benzene rings is 2. The van der Waals surface area contributed by atoms with E-state index in [-0.39, 0.29) is 56.3 Å². The number of nitrogens with one attached hydrogen (secondary N) is 2. The fraction of sp³-hybridized carbons (Fsp3) is 0.471. The molecule has 2 aromatic carbocycles. The van der Waals surface area contributed by atoms with Gasteiger partial charge >= 0.3 is 11.9 Å². The molecule has 0 radical (unpaired) electrons. The van der Waals surface area contributed by atoms with Crippen LogP contribution in [0.1, 0.15) is 57.3 Å². The molecule has 6 atom stereocenters. The lowest BCUT2D eigenvalue weighted by Crippen LogP contribution is -2.48. The third kappa shape index (κ3) is 9.80. The zero-order valence-corrected chi connectivity index (χ0v) is 26.8. The summed E-state index contributed by atoms with van der Waals surface area (Å²) in [6.45, 7) is 5.72. The number of hydrogen-bond acceptors (Lipinski definition) is 8. The maximum atomic E-state index is 13.4. The molecule has 10 nitrogen and oxygen atoms in total. The Morgan fingerprint density at radius 3 is 2.47 bits per heavy atom. The number of ether oxygens (including phenoxy) is 4. The number of rotatable bonds is 8. The number of epoxide rings is 1. The largest absolute Gasteiger partial charge is 0.495 e. The van der Waals surface area contributed by atoms with Gasteiger partial charge in [-0.1, -0.05) is 74.8 Å². The van der Waals surface area contributed by atoms with Gasteiger partial charge < -0.3 is 29.6 Å². The summed E-state index contributed by atoms with van der Waals surface area (Å²) in [4.78, 5) is 52.3. The molecule has 45 heavy (non-hydrogen) atoms. The molecule has 2 aliphatic heterocycles. The summed E-state index contributed by atoms with van der Waals surface area (Å²) in [5, 5.41) is 5.80. The molecule has 0 aromatic heterocycles. The summed E-state index contributed by atoms with van der Waals surface area (Å²) in [7, 11) is 1.50. The third-order valence-electron chi connectivity index (χ3n) is 7.80. The molecule has 2 aliphatic rings. The maximum absolute atomic E-state index is 13.4. The number of carbonyl (C=O) groups is 4. The molecule has 2 amide bonds. The van der Waals surface area contributed by atoms with Crippen molar-refractivity contribution in [2.75, 3.05) is 13.7 Å². The number of methoxy groups -OCH3 is 1. The first-order chi connectivity index (χ1) is 21.5. The molecule has 1 saturated heterocycles. The monoisotopic (exact) mass is 640 g/mol. The maximum Gasteiger partial charge on any atom is 0.347 e. The van der Waals surface area contributed by atoms with Crippen molar-refractivity contribution in [1.82, 2.24) is 10.6 Å². The molecule has 0 aliphatic carbocycles.